The first-order valence-corrected chi connectivity index (χ1v) is 17.3. The van der Waals surface area contributed by atoms with Gasteiger partial charge in [-0.25, -0.2) is 13.4 Å². The molecule has 1 aromatic heterocycles. The smallest absolute Gasteiger partial charge is 0.259 e. The monoisotopic (exact) mass is 653 g/mol. The van der Waals surface area contributed by atoms with Crippen molar-refractivity contribution in [3.8, 4) is 11.6 Å². The van der Waals surface area contributed by atoms with Crippen LogP contribution in [-0.4, -0.2) is 85.1 Å². The molecule has 14 heteroatoms. The number of nitrogens with one attached hydrogen (secondary N) is 3. The predicted octanol–water partition coefficient (Wildman–Crippen LogP) is 1.57. The number of amides is 4. The van der Waals surface area contributed by atoms with Gasteiger partial charge in [-0.15, -0.1) is 6.58 Å². The predicted molar refractivity (Wildman–Crippen MR) is 167 cm³/mol. The van der Waals surface area contributed by atoms with Crippen LogP contribution in [0.15, 0.2) is 43.1 Å². The minimum absolute atomic E-state index is 0.0323. The molecular weight excluding hydrogens is 614 g/mol. The van der Waals surface area contributed by atoms with E-state index in [1.807, 2.05) is 18.2 Å². The van der Waals surface area contributed by atoms with Crippen molar-refractivity contribution in [1.82, 2.24) is 25.2 Å². The maximum atomic E-state index is 13.9. The Bertz CT molecular complexity index is 1670. The number of likely N-dealkylation sites (tertiary alicyclic amines) is 1. The summed E-state index contributed by atoms with van der Waals surface area (Å²) in [5.74, 6) is -1.73. The molecule has 1 aromatic carbocycles. The number of fused-ring (bicyclic) bond motifs is 1. The van der Waals surface area contributed by atoms with Crippen LogP contribution in [0.25, 0.3) is 10.8 Å². The number of benzene rings is 1. The van der Waals surface area contributed by atoms with Crippen LogP contribution in [0.4, 0.5) is 0 Å². The standard InChI is InChI=1S/C32H39N5O8S/c1-3-21-16-32(21,31(41)36-46(42,43)24-9-10-24)35-29(40)26-15-23(18-37(26)27(38)17-34-28(39)19-6-4-5-7-19)45-30-25-11-8-22(44-2)14-20(25)12-13-33-30/h3,8,11-14,19,21,23-24,26H,1,4-7,9-10,15-18H2,2H3,(H,34,39)(H,35,40)(H,36,41)/t21-,23-,26+,32-/m1/s1. The number of nitrogens with zero attached hydrogens (tertiary/aromatic N) is 2. The summed E-state index contributed by atoms with van der Waals surface area (Å²) in [6, 6.07) is 6.21. The number of aromatic nitrogens is 1. The van der Waals surface area contributed by atoms with Crippen molar-refractivity contribution in [3.05, 3.63) is 43.1 Å². The summed E-state index contributed by atoms with van der Waals surface area (Å²) in [4.78, 5) is 59.1. The van der Waals surface area contributed by atoms with Crippen molar-refractivity contribution >= 4 is 44.4 Å². The molecule has 3 N–H and O–H groups in total. The first-order chi connectivity index (χ1) is 22.0. The summed E-state index contributed by atoms with van der Waals surface area (Å²) >= 11 is 0. The van der Waals surface area contributed by atoms with E-state index in [9.17, 15) is 27.6 Å². The van der Waals surface area contributed by atoms with Crippen molar-refractivity contribution in [1.29, 1.82) is 0 Å². The van der Waals surface area contributed by atoms with Gasteiger partial charge in [-0.3, -0.25) is 23.9 Å². The van der Waals surface area contributed by atoms with Crippen LogP contribution < -0.4 is 24.8 Å². The van der Waals surface area contributed by atoms with E-state index in [1.165, 1.54) is 11.0 Å². The van der Waals surface area contributed by atoms with E-state index in [2.05, 4.69) is 26.9 Å². The Labute approximate surface area is 267 Å². The van der Waals surface area contributed by atoms with E-state index in [0.717, 1.165) is 36.5 Å². The van der Waals surface area contributed by atoms with Gasteiger partial charge < -0.3 is 25.0 Å². The number of sulfonamides is 1. The van der Waals surface area contributed by atoms with Gasteiger partial charge in [-0.1, -0.05) is 18.9 Å². The van der Waals surface area contributed by atoms with Crippen LogP contribution in [0, 0.1) is 11.8 Å². The molecule has 4 fully saturated rings. The third-order valence-electron chi connectivity index (χ3n) is 9.49. The minimum Gasteiger partial charge on any atom is -0.497 e. The number of carbonyl (C=O) groups excluding carboxylic acids is 4. The molecule has 0 unspecified atom stereocenters. The van der Waals surface area contributed by atoms with Gasteiger partial charge in [0.15, 0.2) is 0 Å². The lowest BCUT2D eigenvalue weighted by atomic mass is 10.1. The normalized spacial score (nSPS) is 25.9. The highest BCUT2D eigenvalue weighted by molar-refractivity contribution is 7.91. The highest BCUT2D eigenvalue weighted by atomic mass is 32.2. The molecule has 2 heterocycles. The fraction of sp³-hybridized carbons (Fsp3) is 0.531. The lowest BCUT2D eigenvalue weighted by molar-refractivity contribution is -0.140. The second-order valence-corrected chi connectivity index (χ2v) is 14.6. The molecule has 6 rings (SSSR count). The third-order valence-corrected chi connectivity index (χ3v) is 11.3. The summed E-state index contributed by atoms with van der Waals surface area (Å²) in [5, 5.41) is 6.42. The van der Waals surface area contributed by atoms with Crippen molar-refractivity contribution in [3.63, 3.8) is 0 Å². The molecule has 4 amide bonds. The summed E-state index contributed by atoms with van der Waals surface area (Å²) in [6.45, 7) is 3.48. The number of ether oxygens (including phenoxy) is 2. The van der Waals surface area contributed by atoms with Gasteiger partial charge in [0.2, 0.25) is 33.6 Å². The number of methoxy groups -OCH3 is 1. The molecule has 0 radical (unpaired) electrons. The highest BCUT2D eigenvalue weighted by Crippen LogP contribution is 2.45. The first kappa shape index (κ1) is 31.8. The van der Waals surface area contributed by atoms with Crippen molar-refractivity contribution in [2.75, 3.05) is 20.2 Å². The van der Waals surface area contributed by atoms with Gasteiger partial charge in [0.1, 0.15) is 23.4 Å². The zero-order chi connectivity index (χ0) is 32.6. The number of hydrogen-bond donors (Lipinski definition) is 3. The topological polar surface area (TPSA) is 173 Å². The number of hydrogen-bond acceptors (Lipinski definition) is 9. The van der Waals surface area contributed by atoms with Crippen molar-refractivity contribution in [2.45, 2.75) is 74.3 Å². The Kier molecular flexibility index (Phi) is 8.66. The van der Waals surface area contributed by atoms with Crippen molar-refractivity contribution in [2.24, 2.45) is 11.8 Å². The van der Waals surface area contributed by atoms with Gasteiger partial charge in [-0.05, 0) is 61.8 Å². The van der Waals surface area contributed by atoms with Gasteiger partial charge in [0.25, 0.3) is 5.91 Å². The molecule has 0 bridgehead atoms. The SMILES string of the molecule is C=C[C@@H]1C[C@]1(NC(=O)[C@@H]1C[C@@H](Oc2nccc3cc(OC)ccc23)CN1C(=O)CNC(=O)C1CCCC1)C(=O)NS(=O)(=O)C1CC1. The average Bonchev–Trinajstić information content (AvgIpc) is 3.92. The van der Waals surface area contributed by atoms with Gasteiger partial charge in [0.05, 0.1) is 25.4 Å². The molecule has 46 heavy (non-hydrogen) atoms. The van der Waals surface area contributed by atoms with Crippen LogP contribution in [0.5, 0.6) is 11.6 Å². The zero-order valence-corrected chi connectivity index (χ0v) is 26.5. The van der Waals surface area contributed by atoms with Gasteiger partial charge in [0, 0.05) is 29.8 Å². The fourth-order valence-corrected chi connectivity index (χ4v) is 7.89. The molecule has 13 nitrogen and oxygen atoms in total. The maximum Gasteiger partial charge on any atom is 0.259 e. The van der Waals surface area contributed by atoms with Crippen LogP contribution in [-0.2, 0) is 29.2 Å². The molecule has 3 saturated carbocycles. The largest absolute Gasteiger partial charge is 0.497 e. The summed E-state index contributed by atoms with van der Waals surface area (Å²) in [5.41, 5.74) is -1.50. The fourth-order valence-electron chi connectivity index (χ4n) is 6.53. The molecule has 246 valence electrons. The lowest BCUT2D eigenvalue weighted by Gasteiger charge is -2.26. The summed E-state index contributed by atoms with van der Waals surface area (Å²) in [6.07, 6.45) is 7.17. The van der Waals surface area contributed by atoms with Crippen LogP contribution in [0.1, 0.15) is 51.4 Å². The van der Waals surface area contributed by atoms with E-state index in [0.29, 0.717) is 24.5 Å². The summed E-state index contributed by atoms with van der Waals surface area (Å²) in [7, 11) is -2.28. The highest BCUT2D eigenvalue weighted by Gasteiger charge is 2.62. The van der Waals surface area contributed by atoms with E-state index >= 15 is 0 Å². The third kappa shape index (κ3) is 6.39. The van der Waals surface area contributed by atoms with Crippen molar-refractivity contribution < 1.29 is 37.1 Å². The van der Waals surface area contributed by atoms with E-state index < -0.39 is 56.6 Å². The lowest BCUT2D eigenvalue weighted by Crippen LogP contribution is -2.57. The average molecular weight is 654 g/mol. The zero-order valence-electron chi connectivity index (χ0n) is 25.7. The molecule has 2 aromatic rings. The first-order valence-electron chi connectivity index (χ1n) is 15.7. The Morgan fingerprint density at radius 2 is 1.87 bits per heavy atom. The molecular formula is C32H39N5O8S. The number of pyridine rings is 1. The molecule has 1 aliphatic heterocycles. The van der Waals surface area contributed by atoms with E-state index in [1.54, 1.807) is 19.4 Å². The van der Waals surface area contributed by atoms with Gasteiger partial charge >= 0.3 is 0 Å². The molecule has 3 aliphatic carbocycles. The van der Waals surface area contributed by atoms with Crippen LogP contribution >= 0.6 is 0 Å². The van der Waals surface area contributed by atoms with Crippen LogP contribution in [0.3, 0.4) is 0 Å². The summed E-state index contributed by atoms with van der Waals surface area (Å²) < 4.78 is 38.8. The quantitative estimate of drug-likeness (QED) is 0.288. The van der Waals surface area contributed by atoms with E-state index in [4.69, 9.17) is 9.47 Å². The van der Waals surface area contributed by atoms with Gasteiger partial charge in [-0.2, -0.15) is 0 Å². The molecule has 4 atom stereocenters. The number of rotatable bonds is 12. The number of carbonyl (C=O) groups is 4. The van der Waals surface area contributed by atoms with E-state index in [-0.39, 0.29) is 37.8 Å². The second-order valence-electron chi connectivity index (χ2n) is 12.6. The maximum absolute atomic E-state index is 13.9. The minimum atomic E-state index is -3.85. The second kappa shape index (κ2) is 12.5. The molecule has 4 aliphatic rings. The molecule has 0 spiro atoms. The molecule has 1 saturated heterocycles. The Hall–Kier alpha value is -4.20. The van der Waals surface area contributed by atoms with Crippen LogP contribution in [0.2, 0.25) is 0 Å². The Morgan fingerprint density at radius 3 is 2.54 bits per heavy atom. The Morgan fingerprint density at radius 1 is 1.11 bits per heavy atom. The Balaban J connectivity index is 1.20.